The maximum Gasteiger partial charge on any atom is 0.251 e. The molecule has 0 spiro atoms. The monoisotopic (exact) mass is 276 g/mol. The zero-order valence-electron chi connectivity index (χ0n) is 12.3. The predicted molar refractivity (Wildman–Crippen MR) is 80.9 cm³/mol. The minimum Gasteiger partial charge on any atom is -0.488 e. The van der Waals surface area contributed by atoms with Gasteiger partial charge in [0.1, 0.15) is 5.75 Å². The lowest BCUT2D eigenvalue weighted by Crippen LogP contribution is -2.25. The van der Waals surface area contributed by atoms with Crippen molar-refractivity contribution in [3.63, 3.8) is 0 Å². The van der Waals surface area contributed by atoms with E-state index in [1.165, 1.54) is 19.3 Å². The van der Waals surface area contributed by atoms with E-state index in [-0.39, 0.29) is 12.0 Å². The van der Waals surface area contributed by atoms with Gasteiger partial charge in [-0.1, -0.05) is 19.8 Å². The minimum absolute atomic E-state index is 0.132. The Bertz CT molecular complexity index is 474. The molecule has 0 aliphatic heterocycles. The number of amides is 1. The maximum absolute atomic E-state index is 11.5. The van der Waals surface area contributed by atoms with E-state index in [1.54, 1.807) is 25.2 Å². The van der Waals surface area contributed by atoms with Crippen molar-refractivity contribution in [3.05, 3.63) is 23.8 Å². The van der Waals surface area contributed by atoms with Crippen LogP contribution in [-0.2, 0) is 0 Å². The van der Waals surface area contributed by atoms with Crippen LogP contribution in [0.5, 0.6) is 5.75 Å². The number of nitrogen functional groups attached to an aromatic ring is 1. The number of carbonyl (C=O) groups excluding carboxylic acids is 1. The van der Waals surface area contributed by atoms with Crippen LogP contribution < -0.4 is 15.8 Å². The molecule has 0 saturated heterocycles. The summed E-state index contributed by atoms with van der Waals surface area (Å²) in [5.41, 5.74) is 7.09. The lowest BCUT2D eigenvalue weighted by Gasteiger charge is -2.29. The minimum atomic E-state index is -0.132. The Morgan fingerprint density at radius 2 is 2.25 bits per heavy atom. The standard InChI is InChI=1S/C16H24N2O2/c1-3-11-5-4-6-13(9-11)20-15-8-7-12(10-14(15)17)16(19)18-2/h7-8,10-11,13H,3-6,9,17H2,1-2H3,(H,18,19). The first kappa shape index (κ1) is 14.7. The third-order valence-corrected chi connectivity index (χ3v) is 4.10. The summed E-state index contributed by atoms with van der Waals surface area (Å²) < 4.78 is 6.03. The number of hydrogen-bond acceptors (Lipinski definition) is 3. The highest BCUT2D eigenvalue weighted by molar-refractivity contribution is 5.95. The van der Waals surface area contributed by atoms with E-state index in [9.17, 15) is 4.79 Å². The first-order valence-electron chi connectivity index (χ1n) is 7.42. The second-order valence-electron chi connectivity index (χ2n) is 5.51. The third-order valence-electron chi connectivity index (χ3n) is 4.10. The molecule has 1 aliphatic rings. The average Bonchev–Trinajstić information content (AvgIpc) is 2.48. The number of hydrogen-bond donors (Lipinski definition) is 2. The Hall–Kier alpha value is -1.71. The lowest BCUT2D eigenvalue weighted by atomic mass is 9.85. The summed E-state index contributed by atoms with van der Waals surface area (Å²) in [5, 5.41) is 2.59. The van der Waals surface area contributed by atoms with Crippen molar-refractivity contribution in [2.24, 2.45) is 5.92 Å². The van der Waals surface area contributed by atoms with Gasteiger partial charge in [-0.25, -0.2) is 0 Å². The molecule has 1 aliphatic carbocycles. The Balaban J connectivity index is 2.04. The van der Waals surface area contributed by atoms with Gasteiger partial charge in [0.05, 0.1) is 11.8 Å². The van der Waals surface area contributed by atoms with Gasteiger partial charge in [0.15, 0.2) is 0 Å². The summed E-state index contributed by atoms with van der Waals surface area (Å²) in [6.45, 7) is 2.24. The van der Waals surface area contributed by atoms with Gasteiger partial charge >= 0.3 is 0 Å². The lowest BCUT2D eigenvalue weighted by molar-refractivity contribution is 0.0963. The van der Waals surface area contributed by atoms with E-state index >= 15 is 0 Å². The summed E-state index contributed by atoms with van der Waals surface area (Å²) in [4.78, 5) is 11.5. The van der Waals surface area contributed by atoms with E-state index in [0.717, 1.165) is 18.8 Å². The van der Waals surface area contributed by atoms with Crippen LogP contribution in [0.3, 0.4) is 0 Å². The number of carbonyl (C=O) groups is 1. The van der Waals surface area contributed by atoms with Gasteiger partial charge < -0.3 is 15.8 Å². The Morgan fingerprint density at radius 3 is 2.90 bits per heavy atom. The average molecular weight is 276 g/mol. The Morgan fingerprint density at radius 1 is 1.45 bits per heavy atom. The van der Waals surface area contributed by atoms with Crippen LogP contribution in [0.1, 0.15) is 49.4 Å². The highest BCUT2D eigenvalue weighted by Gasteiger charge is 2.22. The SMILES string of the molecule is CCC1CCCC(Oc2ccc(C(=O)NC)cc2N)C1. The highest BCUT2D eigenvalue weighted by atomic mass is 16.5. The van der Waals surface area contributed by atoms with Gasteiger partial charge in [-0.05, 0) is 43.4 Å². The molecule has 0 bridgehead atoms. The van der Waals surface area contributed by atoms with Crippen molar-refractivity contribution in [1.29, 1.82) is 0 Å². The van der Waals surface area contributed by atoms with Gasteiger partial charge in [-0.2, -0.15) is 0 Å². The molecule has 20 heavy (non-hydrogen) atoms. The van der Waals surface area contributed by atoms with Gasteiger partial charge in [-0.15, -0.1) is 0 Å². The molecular formula is C16H24N2O2. The molecule has 0 aromatic heterocycles. The normalized spacial score (nSPS) is 22.3. The van der Waals surface area contributed by atoms with Crippen LogP contribution >= 0.6 is 0 Å². The van der Waals surface area contributed by atoms with Gasteiger partial charge in [-0.3, -0.25) is 4.79 Å². The number of anilines is 1. The number of benzene rings is 1. The van der Waals surface area contributed by atoms with E-state index < -0.39 is 0 Å². The molecule has 1 aromatic rings. The fourth-order valence-corrected chi connectivity index (χ4v) is 2.84. The van der Waals surface area contributed by atoms with Gasteiger partial charge in [0.25, 0.3) is 5.91 Å². The van der Waals surface area contributed by atoms with Crippen molar-refractivity contribution in [3.8, 4) is 5.75 Å². The second-order valence-corrected chi connectivity index (χ2v) is 5.51. The molecule has 4 heteroatoms. The summed E-state index contributed by atoms with van der Waals surface area (Å²) in [6.07, 6.45) is 6.19. The zero-order chi connectivity index (χ0) is 14.5. The topological polar surface area (TPSA) is 64.3 Å². The first-order valence-corrected chi connectivity index (χ1v) is 7.42. The van der Waals surface area contributed by atoms with Gasteiger partial charge in [0, 0.05) is 12.6 Å². The summed E-state index contributed by atoms with van der Waals surface area (Å²) in [6, 6.07) is 5.23. The van der Waals surface area contributed by atoms with Crippen LogP contribution in [0, 0.1) is 5.92 Å². The molecule has 1 amide bonds. The molecule has 4 nitrogen and oxygen atoms in total. The summed E-state index contributed by atoms with van der Waals surface area (Å²) >= 11 is 0. The van der Waals surface area contributed by atoms with Gasteiger partial charge in [0.2, 0.25) is 0 Å². The molecule has 110 valence electrons. The molecule has 1 aromatic carbocycles. The Labute approximate surface area is 120 Å². The molecule has 2 atom stereocenters. The van der Waals surface area contributed by atoms with Crippen molar-refractivity contribution in [1.82, 2.24) is 5.32 Å². The van der Waals surface area contributed by atoms with Crippen molar-refractivity contribution < 1.29 is 9.53 Å². The number of nitrogens with one attached hydrogen (secondary N) is 1. The van der Waals surface area contributed by atoms with E-state index in [1.807, 2.05) is 0 Å². The van der Waals surface area contributed by atoms with Crippen LogP contribution in [0.15, 0.2) is 18.2 Å². The maximum atomic E-state index is 11.5. The van der Waals surface area contributed by atoms with Crippen molar-refractivity contribution in [2.75, 3.05) is 12.8 Å². The molecule has 3 N–H and O–H groups in total. The van der Waals surface area contributed by atoms with Crippen molar-refractivity contribution in [2.45, 2.75) is 45.1 Å². The van der Waals surface area contributed by atoms with E-state index in [2.05, 4.69) is 12.2 Å². The summed E-state index contributed by atoms with van der Waals surface area (Å²) in [5.74, 6) is 1.33. The Kier molecular flexibility index (Phi) is 4.88. The molecule has 0 heterocycles. The number of nitrogens with two attached hydrogens (primary N) is 1. The molecular weight excluding hydrogens is 252 g/mol. The predicted octanol–water partition coefficient (Wildman–Crippen LogP) is 2.98. The highest BCUT2D eigenvalue weighted by Crippen LogP contribution is 2.31. The molecule has 0 radical (unpaired) electrons. The van der Waals surface area contributed by atoms with E-state index in [0.29, 0.717) is 17.0 Å². The number of rotatable bonds is 4. The van der Waals surface area contributed by atoms with E-state index in [4.69, 9.17) is 10.5 Å². The number of ether oxygens (including phenoxy) is 1. The molecule has 2 rings (SSSR count). The van der Waals surface area contributed by atoms with Crippen LogP contribution in [0.25, 0.3) is 0 Å². The quantitative estimate of drug-likeness (QED) is 0.831. The zero-order valence-corrected chi connectivity index (χ0v) is 12.3. The van der Waals surface area contributed by atoms with Crippen LogP contribution in [0.2, 0.25) is 0 Å². The fraction of sp³-hybridized carbons (Fsp3) is 0.562. The first-order chi connectivity index (χ1) is 9.63. The van der Waals surface area contributed by atoms with Crippen molar-refractivity contribution >= 4 is 11.6 Å². The molecule has 1 fully saturated rings. The third kappa shape index (κ3) is 3.44. The molecule has 1 saturated carbocycles. The van der Waals surface area contributed by atoms with Crippen LogP contribution in [-0.4, -0.2) is 19.1 Å². The molecule has 2 unspecified atom stereocenters. The second kappa shape index (κ2) is 6.64. The van der Waals surface area contributed by atoms with Crippen LogP contribution in [0.4, 0.5) is 5.69 Å². The summed E-state index contributed by atoms with van der Waals surface area (Å²) in [7, 11) is 1.61. The fourth-order valence-electron chi connectivity index (χ4n) is 2.84. The largest absolute Gasteiger partial charge is 0.488 e. The smallest absolute Gasteiger partial charge is 0.251 e.